The molecule has 0 unspecified atom stereocenters. The van der Waals surface area contributed by atoms with E-state index in [1.54, 1.807) is 7.11 Å². The Labute approximate surface area is 147 Å². The van der Waals surface area contributed by atoms with E-state index in [1.165, 1.54) is 44.1 Å². The van der Waals surface area contributed by atoms with E-state index in [9.17, 15) is 4.79 Å². The van der Waals surface area contributed by atoms with E-state index in [0.717, 1.165) is 30.9 Å². The Morgan fingerprint density at radius 3 is 2.29 bits per heavy atom. The summed E-state index contributed by atoms with van der Waals surface area (Å²) < 4.78 is 5.23. The van der Waals surface area contributed by atoms with Crippen LogP contribution in [-0.2, 0) is 4.79 Å². The summed E-state index contributed by atoms with van der Waals surface area (Å²) in [6, 6.07) is 8.29. The maximum atomic E-state index is 12.8. The highest BCUT2D eigenvalue weighted by atomic mass is 16.5. The number of benzene rings is 1. The van der Waals surface area contributed by atoms with E-state index in [2.05, 4.69) is 19.1 Å². The van der Waals surface area contributed by atoms with E-state index in [1.807, 2.05) is 12.1 Å². The number of methoxy groups -OCH3 is 1. The first-order chi connectivity index (χ1) is 11.7. The Hall–Kier alpha value is -1.31. The molecule has 24 heavy (non-hydrogen) atoms. The summed E-state index contributed by atoms with van der Waals surface area (Å²) in [6.45, 7) is 2.29. The molecule has 2 saturated carbocycles. The van der Waals surface area contributed by atoms with E-state index < -0.39 is 0 Å². The van der Waals surface area contributed by atoms with Crippen LogP contribution in [0.5, 0.6) is 5.75 Å². The maximum Gasteiger partial charge on any atom is 0.136 e. The number of carbonyl (C=O) groups excluding carboxylic acids is 1. The van der Waals surface area contributed by atoms with Crippen LogP contribution in [0.25, 0.3) is 0 Å². The number of hydrogen-bond donors (Lipinski definition) is 0. The van der Waals surface area contributed by atoms with Gasteiger partial charge in [0.2, 0.25) is 0 Å². The van der Waals surface area contributed by atoms with E-state index >= 15 is 0 Å². The van der Waals surface area contributed by atoms with Crippen molar-refractivity contribution in [2.75, 3.05) is 7.11 Å². The highest BCUT2D eigenvalue weighted by Gasteiger charge is 2.36. The SMILES string of the molecule is CCCC1CCC([C@H]2CC[C@@H](c3ccc(OC)cc3)CC2=O)CC1. The second-order valence-corrected chi connectivity index (χ2v) is 7.89. The minimum atomic E-state index is 0.349. The van der Waals surface area contributed by atoms with Crippen LogP contribution >= 0.6 is 0 Å². The Morgan fingerprint density at radius 2 is 1.71 bits per heavy atom. The molecule has 3 rings (SSSR count). The topological polar surface area (TPSA) is 26.3 Å². The average molecular weight is 328 g/mol. The van der Waals surface area contributed by atoms with Gasteiger partial charge in [0.05, 0.1) is 7.11 Å². The number of ether oxygens (including phenoxy) is 1. The summed E-state index contributed by atoms with van der Waals surface area (Å²) in [6.07, 6.45) is 11.0. The third-order valence-corrected chi connectivity index (χ3v) is 6.43. The fourth-order valence-corrected chi connectivity index (χ4v) is 4.98. The van der Waals surface area contributed by atoms with Gasteiger partial charge in [0, 0.05) is 12.3 Å². The van der Waals surface area contributed by atoms with Crippen LogP contribution in [0, 0.1) is 17.8 Å². The van der Waals surface area contributed by atoms with E-state index in [4.69, 9.17) is 4.74 Å². The van der Waals surface area contributed by atoms with Gasteiger partial charge in [-0.3, -0.25) is 4.79 Å². The summed E-state index contributed by atoms with van der Waals surface area (Å²) in [4.78, 5) is 12.8. The molecule has 2 heteroatoms. The van der Waals surface area contributed by atoms with Crippen molar-refractivity contribution < 1.29 is 9.53 Å². The van der Waals surface area contributed by atoms with Gasteiger partial charge in [0.15, 0.2) is 0 Å². The van der Waals surface area contributed by atoms with Crippen LogP contribution in [-0.4, -0.2) is 12.9 Å². The molecular weight excluding hydrogens is 296 g/mol. The number of carbonyl (C=O) groups is 1. The lowest BCUT2D eigenvalue weighted by Gasteiger charge is -2.37. The fourth-order valence-electron chi connectivity index (χ4n) is 4.98. The van der Waals surface area contributed by atoms with Gasteiger partial charge in [-0.25, -0.2) is 0 Å². The number of ketones is 1. The van der Waals surface area contributed by atoms with Crippen LogP contribution in [0.3, 0.4) is 0 Å². The van der Waals surface area contributed by atoms with Crippen molar-refractivity contribution in [1.29, 1.82) is 0 Å². The zero-order valence-electron chi connectivity index (χ0n) is 15.3. The molecule has 2 aliphatic rings. The molecule has 0 aromatic heterocycles. The van der Waals surface area contributed by atoms with Gasteiger partial charge in [-0.15, -0.1) is 0 Å². The molecule has 0 N–H and O–H groups in total. The molecule has 132 valence electrons. The van der Waals surface area contributed by atoms with Gasteiger partial charge in [-0.05, 0) is 61.1 Å². The molecule has 0 heterocycles. The highest BCUT2D eigenvalue weighted by molar-refractivity contribution is 5.83. The average Bonchev–Trinajstić information content (AvgIpc) is 2.63. The van der Waals surface area contributed by atoms with Crippen molar-refractivity contribution in [2.24, 2.45) is 17.8 Å². The summed E-state index contributed by atoms with van der Waals surface area (Å²) in [5, 5.41) is 0. The Balaban J connectivity index is 1.54. The van der Waals surface area contributed by atoms with Crippen molar-refractivity contribution in [3.63, 3.8) is 0 Å². The summed E-state index contributed by atoms with van der Waals surface area (Å²) in [7, 11) is 1.69. The fraction of sp³-hybridized carbons (Fsp3) is 0.682. The molecule has 2 fully saturated rings. The van der Waals surface area contributed by atoms with Gasteiger partial charge in [0.25, 0.3) is 0 Å². The minimum absolute atomic E-state index is 0.349. The number of Topliss-reactive ketones (excluding diaryl/α,β-unsaturated/α-hetero) is 1. The number of hydrogen-bond acceptors (Lipinski definition) is 2. The first kappa shape index (κ1) is 17.5. The Morgan fingerprint density at radius 1 is 1.00 bits per heavy atom. The van der Waals surface area contributed by atoms with Crippen LogP contribution < -0.4 is 4.74 Å². The third kappa shape index (κ3) is 4.02. The van der Waals surface area contributed by atoms with Crippen molar-refractivity contribution in [2.45, 2.75) is 70.6 Å². The smallest absolute Gasteiger partial charge is 0.136 e. The molecule has 0 radical (unpaired) electrons. The largest absolute Gasteiger partial charge is 0.497 e. The molecular formula is C22H32O2. The summed E-state index contributed by atoms with van der Waals surface area (Å²) >= 11 is 0. The lowest BCUT2D eigenvalue weighted by atomic mass is 9.67. The van der Waals surface area contributed by atoms with Crippen LogP contribution in [0.15, 0.2) is 24.3 Å². The van der Waals surface area contributed by atoms with Gasteiger partial charge in [0.1, 0.15) is 11.5 Å². The zero-order valence-corrected chi connectivity index (χ0v) is 15.3. The number of rotatable bonds is 5. The molecule has 1 aromatic carbocycles. The Kier molecular flexibility index (Phi) is 5.97. The van der Waals surface area contributed by atoms with Gasteiger partial charge < -0.3 is 4.74 Å². The standard InChI is InChI=1S/C22H32O2/c1-3-4-16-5-7-18(8-6-16)21-14-11-19(15-22(21)23)17-9-12-20(24-2)13-10-17/h9-10,12-13,16,18-19,21H,3-8,11,14-15H2,1-2H3/t16?,18?,19-,21-/m1/s1. The third-order valence-electron chi connectivity index (χ3n) is 6.43. The molecule has 0 aliphatic heterocycles. The van der Waals surface area contributed by atoms with Crippen molar-refractivity contribution >= 4 is 5.78 Å². The lowest BCUT2D eigenvalue weighted by molar-refractivity contribution is -0.127. The summed E-state index contributed by atoms with van der Waals surface area (Å²) in [5.74, 6) is 3.78. The molecule has 2 aliphatic carbocycles. The van der Waals surface area contributed by atoms with E-state index in [0.29, 0.717) is 23.5 Å². The summed E-state index contributed by atoms with van der Waals surface area (Å²) in [5.41, 5.74) is 1.30. The van der Waals surface area contributed by atoms with Crippen LogP contribution in [0.4, 0.5) is 0 Å². The van der Waals surface area contributed by atoms with Crippen LogP contribution in [0.2, 0.25) is 0 Å². The first-order valence-electron chi connectivity index (χ1n) is 9.88. The lowest BCUT2D eigenvalue weighted by Crippen LogP contribution is -2.32. The zero-order chi connectivity index (χ0) is 16.9. The quantitative estimate of drug-likeness (QED) is 0.687. The van der Waals surface area contributed by atoms with Gasteiger partial charge in [-0.2, -0.15) is 0 Å². The second kappa shape index (κ2) is 8.18. The van der Waals surface area contributed by atoms with E-state index in [-0.39, 0.29) is 0 Å². The molecule has 2 nitrogen and oxygen atoms in total. The van der Waals surface area contributed by atoms with Crippen molar-refractivity contribution in [3.8, 4) is 5.75 Å². The van der Waals surface area contributed by atoms with Crippen molar-refractivity contribution in [3.05, 3.63) is 29.8 Å². The predicted molar refractivity (Wildman–Crippen MR) is 98.4 cm³/mol. The highest BCUT2D eigenvalue weighted by Crippen LogP contribution is 2.43. The minimum Gasteiger partial charge on any atom is -0.497 e. The molecule has 0 saturated heterocycles. The second-order valence-electron chi connectivity index (χ2n) is 7.89. The molecule has 0 spiro atoms. The first-order valence-corrected chi connectivity index (χ1v) is 9.88. The molecule has 2 atom stereocenters. The maximum absolute atomic E-state index is 12.8. The normalized spacial score (nSPS) is 31.0. The van der Waals surface area contributed by atoms with Crippen molar-refractivity contribution in [1.82, 2.24) is 0 Å². The molecule has 0 amide bonds. The van der Waals surface area contributed by atoms with Crippen LogP contribution in [0.1, 0.15) is 76.2 Å². The van der Waals surface area contributed by atoms with Gasteiger partial charge >= 0.3 is 0 Å². The Bertz CT molecular complexity index is 525. The van der Waals surface area contributed by atoms with Gasteiger partial charge in [-0.1, -0.05) is 44.7 Å². The predicted octanol–water partition coefficient (Wildman–Crippen LogP) is 5.75. The monoisotopic (exact) mass is 328 g/mol. The molecule has 1 aromatic rings. The molecule has 0 bridgehead atoms.